The number of ether oxygens (including phenoxy) is 1. The number of benzene rings is 1. The molecule has 5 heteroatoms. The lowest BCUT2D eigenvalue weighted by atomic mass is 9.85. The van der Waals surface area contributed by atoms with Gasteiger partial charge in [-0.1, -0.05) is 36.9 Å². The first-order chi connectivity index (χ1) is 12.8. The largest absolute Gasteiger partial charge is 0.444 e. The van der Waals surface area contributed by atoms with Crippen LogP contribution in [-0.2, 0) is 16.0 Å². The van der Waals surface area contributed by atoms with Gasteiger partial charge in [-0.2, -0.15) is 0 Å². The van der Waals surface area contributed by atoms with E-state index in [0.29, 0.717) is 6.54 Å². The second kappa shape index (κ2) is 9.58. The number of likely N-dealkylation sites (tertiary alicyclic amines) is 1. The quantitative estimate of drug-likeness (QED) is 0.770. The third-order valence-electron chi connectivity index (χ3n) is 4.80. The molecule has 148 valence electrons. The number of nitrogens with zero attached hydrogens (tertiary/aromatic N) is 1. The Morgan fingerprint density at radius 3 is 2.63 bits per heavy atom. The molecule has 1 N–H and O–H groups in total. The highest BCUT2D eigenvalue weighted by Crippen LogP contribution is 2.26. The van der Waals surface area contributed by atoms with E-state index in [1.807, 2.05) is 43.9 Å². The monoisotopic (exact) mass is 372 g/mol. The van der Waals surface area contributed by atoms with E-state index in [9.17, 15) is 9.59 Å². The fourth-order valence-electron chi connectivity index (χ4n) is 3.63. The van der Waals surface area contributed by atoms with Crippen LogP contribution < -0.4 is 5.32 Å². The van der Waals surface area contributed by atoms with E-state index in [0.717, 1.165) is 32.2 Å². The number of carbonyl (C=O) groups is 2. The van der Waals surface area contributed by atoms with E-state index in [4.69, 9.17) is 4.74 Å². The first-order valence-electron chi connectivity index (χ1n) is 9.74. The minimum Gasteiger partial charge on any atom is -0.444 e. The average molecular weight is 373 g/mol. The zero-order valence-corrected chi connectivity index (χ0v) is 16.7. The van der Waals surface area contributed by atoms with Gasteiger partial charge in [0.15, 0.2) is 0 Å². The summed E-state index contributed by atoms with van der Waals surface area (Å²) < 4.78 is 5.37. The molecule has 27 heavy (non-hydrogen) atoms. The van der Waals surface area contributed by atoms with Crippen molar-refractivity contribution in [1.29, 1.82) is 0 Å². The van der Waals surface area contributed by atoms with Crippen molar-refractivity contribution in [3.8, 4) is 0 Å². The molecular weight excluding hydrogens is 340 g/mol. The topological polar surface area (TPSA) is 58.6 Å². The van der Waals surface area contributed by atoms with Crippen LogP contribution in [0.4, 0.5) is 4.79 Å². The zero-order chi connectivity index (χ0) is 19.9. The fourth-order valence-corrected chi connectivity index (χ4v) is 3.63. The minimum absolute atomic E-state index is 0.0324. The molecule has 0 radical (unpaired) electrons. The third kappa shape index (κ3) is 6.74. The number of alkyl carbamates (subject to hydrolysis) is 1. The predicted octanol–water partition coefficient (Wildman–Crippen LogP) is 3.94. The molecule has 1 aliphatic rings. The van der Waals surface area contributed by atoms with Crippen molar-refractivity contribution >= 4 is 12.0 Å². The molecule has 1 saturated heterocycles. The third-order valence-corrected chi connectivity index (χ3v) is 4.80. The maximum absolute atomic E-state index is 12.4. The molecule has 2 amide bonds. The number of amides is 2. The van der Waals surface area contributed by atoms with Gasteiger partial charge in [0.2, 0.25) is 5.91 Å². The Labute approximate surface area is 162 Å². The Morgan fingerprint density at radius 2 is 2.00 bits per heavy atom. The van der Waals surface area contributed by atoms with Crippen LogP contribution in [-0.4, -0.2) is 41.6 Å². The van der Waals surface area contributed by atoms with Gasteiger partial charge in [0.1, 0.15) is 5.60 Å². The minimum atomic E-state index is -0.533. The van der Waals surface area contributed by atoms with Crippen LogP contribution in [0.3, 0.4) is 0 Å². The Kier molecular flexibility index (Phi) is 7.45. The summed E-state index contributed by atoms with van der Waals surface area (Å²) in [5.41, 5.74) is 0.666. The fraction of sp³-hybridized carbons (Fsp3) is 0.545. The summed E-state index contributed by atoms with van der Waals surface area (Å²) in [5.74, 6) is 0.0825. The molecule has 0 aromatic heterocycles. The van der Waals surface area contributed by atoms with E-state index >= 15 is 0 Å². The Hall–Kier alpha value is -2.30. The second-order valence-electron chi connectivity index (χ2n) is 8.13. The van der Waals surface area contributed by atoms with Crippen LogP contribution in [0.5, 0.6) is 0 Å². The van der Waals surface area contributed by atoms with Gasteiger partial charge < -0.3 is 15.0 Å². The van der Waals surface area contributed by atoms with Crippen LogP contribution in [0.15, 0.2) is 43.0 Å². The summed E-state index contributed by atoms with van der Waals surface area (Å²) in [7, 11) is 0. The van der Waals surface area contributed by atoms with Crippen molar-refractivity contribution in [1.82, 2.24) is 10.2 Å². The number of hydrogen-bond acceptors (Lipinski definition) is 3. The van der Waals surface area contributed by atoms with Gasteiger partial charge in [0.25, 0.3) is 0 Å². The predicted molar refractivity (Wildman–Crippen MR) is 107 cm³/mol. The van der Waals surface area contributed by atoms with Crippen LogP contribution >= 0.6 is 0 Å². The molecule has 0 aliphatic carbocycles. The molecule has 0 spiro atoms. The van der Waals surface area contributed by atoms with Gasteiger partial charge in [0.05, 0.1) is 0 Å². The number of nitrogens with one attached hydrogen (secondary N) is 1. The number of piperidine rings is 1. The highest BCUT2D eigenvalue weighted by atomic mass is 16.6. The summed E-state index contributed by atoms with van der Waals surface area (Å²) in [6.07, 6.45) is 4.80. The van der Waals surface area contributed by atoms with Crippen molar-refractivity contribution < 1.29 is 14.3 Å². The summed E-state index contributed by atoms with van der Waals surface area (Å²) in [5, 5.41) is 2.91. The van der Waals surface area contributed by atoms with Gasteiger partial charge in [-0.05, 0) is 58.1 Å². The van der Waals surface area contributed by atoms with Crippen molar-refractivity contribution in [2.75, 3.05) is 13.1 Å². The van der Waals surface area contributed by atoms with Gasteiger partial charge in [-0.25, -0.2) is 4.79 Å². The molecule has 2 atom stereocenters. The molecule has 1 heterocycles. The standard InChI is InChI=1S/C22H32N2O3/c1-5-20(25)24-14-10-9-13-19(24)18(15-17-11-7-6-8-12-17)16-23-21(26)27-22(2,3)4/h5-8,11-12,18-19H,1,9-10,13-16H2,2-4H3,(H,23,26). The van der Waals surface area contributed by atoms with Gasteiger partial charge in [-0.3, -0.25) is 4.79 Å². The van der Waals surface area contributed by atoms with Gasteiger partial charge >= 0.3 is 6.09 Å². The first-order valence-corrected chi connectivity index (χ1v) is 9.74. The van der Waals surface area contributed by atoms with E-state index in [1.165, 1.54) is 11.6 Å². The average Bonchev–Trinajstić information content (AvgIpc) is 2.64. The molecule has 1 aromatic rings. The van der Waals surface area contributed by atoms with Crippen LogP contribution in [0.1, 0.15) is 45.6 Å². The molecule has 0 bridgehead atoms. The number of carbonyl (C=O) groups excluding carboxylic acids is 2. The molecule has 2 rings (SSSR count). The second-order valence-corrected chi connectivity index (χ2v) is 8.13. The molecule has 1 aromatic carbocycles. The van der Waals surface area contributed by atoms with Crippen molar-refractivity contribution in [3.05, 3.63) is 48.6 Å². The van der Waals surface area contributed by atoms with Crippen molar-refractivity contribution in [2.24, 2.45) is 5.92 Å². The van der Waals surface area contributed by atoms with Gasteiger partial charge in [0, 0.05) is 25.0 Å². The smallest absolute Gasteiger partial charge is 0.407 e. The maximum atomic E-state index is 12.4. The molecule has 2 unspecified atom stereocenters. The summed E-state index contributed by atoms with van der Waals surface area (Å²) in [6, 6.07) is 10.3. The van der Waals surface area contributed by atoms with E-state index < -0.39 is 11.7 Å². The van der Waals surface area contributed by atoms with Crippen molar-refractivity contribution in [3.63, 3.8) is 0 Å². The van der Waals surface area contributed by atoms with Crippen LogP contribution in [0.25, 0.3) is 0 Å². The zero-order valence-electron chi connectivity index (χ0n) is 16.7. The lowest BCUT2D eigenvalue weighted by molar-refractivity contribution is -0.130. The Bertz CT molecular complexity index is 637. The summed E-state index contributed by atoms with van der Waals surface area (Å²) in [6.45, 7) is 10.4. The lowest BCUT2D eigenvalue weighted by Crippen LogP contribution is -2.50. The van der Waals surface area contributed by atoms with Crippen LogP contribution in [0, 0.1) is 5.92 Å². The van der Waals surface area contributed by atoms with Gasteiger partial charge in [-0.15, -0.1) is 0 Å². The maximum Gasteiger partial charge on any atom is 0.407 e. The molecule has 1 fully saturated rings. The molecule has 1 aliphatic heterocycles. The summed E-state index contributed by atoms with van der Waals surface area (Å²) in [4.78, 5) is 26.4. The van der Waals surface area contributed by atoms with Crippen LogP contribution in [0.2, 0.25) is 0 Å². The number of hydrogen-bond donors (Lipinski definition) is 1. The Balaban J connectivity index is 2.14. The Morgan fingerprint density at radius 1 is 1.30 bits per heavy atom. The van der Waals surface area contributed by atoms with E-state index in [2.05, 4.69) is 24.0 Å². The number of rotatable bonds is 6. The molecular formula is C22H32N2O3. The molecule has 5 nitrogen and oxygen atoms in total. The van der Waals surface area contributed by atoms with E-state index in [-0.39, 0.29) is 17.9 Å². The normalized spacial score (nSPS) is 18.5. The molecule has 0 saturated carbocycles. The highest BCUT2D eigenvalue weighted by molar-refractivity contribution is 5.87. The summed E-state index contributed by atoms with van der Waals surface area (Å²) >= 11 is 0. The van der Waals surface area contributed by atoms with Crippen molar-refractivity contribution in [2.45, 2.75) is 58.1 Å². The van der Waals surface area contributed by atoms with E-state index in [1.54, 1.807) is 0 Å². The first kappa shape index (κ1) is 21.0. The lowest BCUT2D eigenvalue weighted by Gasteiger charge is -2.40. The SMILES string of the molecule is C=CC(=O)N1CCCCC1C(CNC(=O)OC(C)(C)C)Cc1ccccc1. The highest BCUT2D eigenvalue weighted by Gasteiger charge is 2.32.